The van der Waals surface area contributed by atoms with Crippen LogP contribution in [-0.4, -0.2) is 20.2 Å². The minimum absolute atomic E-state index is 0.119. The number of halogens is 1. The van der Waals surface area contributed by atoms with Crippen LogP contribution in [0.2, 0.25) is 0 Å². The van der Waals surface area contributed by atoms with Crippen molar-refractivity contribution in [2.24, 2.45) is 5.73 Å². The first-order valence-corrected chi connectivity index (χ1v) is 7.39. The zero-order valence-electron chi connectivity index (χ0n) is 10.9. The van der Waals surface area contributed by atoms with Gasteiger partial charge in [0.15, 0.2) is 5.25 Å². The lowest BCUT2D eigenvalue weighted by Crippen LogP contribution is -2.26. The van der Waals surface area contributed by atoms with Gasteiger partial charge in [0.1, 0.15) is 5.82 Å². The predicted molar refractivity (Wildman–Crippen MR) is 74.6 cm³/mol. The minimum Gasteiger partial charge on any atom is -0.320 e. The normalized spacial score (nSPS) is 11.9. The molecule has 0 amide bonds. The van der Waals surface area contributed by atoms with Crippen molar-refractivity contribution in [1.82, 2.24) is 0 Å². The summed E-state index contributed by atoms with van der Waals surface area (Å²) in [6, 6.07) is 5.50. The predicted octanol–water partition coefficient (Wildman–Crippen LogP) is 1.18. The van der Waals surface area contributed by atoms with Gasteiger partial charge in [-0.3, -0.25) is 4.72 Å². The Bertz CT molecular complexity index is 684. The summed E-state index contributed by atoms with van der Waals surface area (Å²) in [5.74, 6) is 4.44. The maximum atomic E-state index is 13.8. The average molecular weight is 295 g/mol. The highest BCUT2D eigenvalue weighted by Crippen LogP contribution is 2.19. The molecule has 1 rings (SSSR count). The second-order valence-corrected chi connectivity index (χ2v) is 5.74. The average Bonchev–Trinajstić information content (AvgIpc) is 2.40. The van der Waals surface area contributed by atoms with E-state index in [4.69, 9.17) is 11.0 Å². The van der Waals surface area contributed by atoms with Crippen molar-refractivity contribution in [3.63, 3.8) is 0 Å². The zero-order valence-corrected chi connectivity index (χ0v) is 11.7. The molecule has 0 saturated heterocycles. The summed E-state index contributed by atoms with van der Waals surface area (Å²) in [6.07, 6.45) is 0.119. The topological polar surface area (TPSA) is 96.0 Å². The van der Waals surface area contributed by atoms with Crippen LogP contribution in [0.5, 0.6) is 0 Å². The van der Waals surface area contributed by atoms with Gasteiger partial charge in [0.05, 0.1) is 18.3 Å². The van der Waals surface area contributed by atoms with E-state index in [1.807, 2.05) is 0 Å². The van der Waals surface area contributed by atoms with Crippen LogP contribution in [0, 0.1) is 29.0 Å². The Hall–Kier alpha value is -2.09. The van der Waals surface area contributed by atoms with Gasteiger partial charge in [0, 0.05) is 5.56 Å². The Morgan fingerprint density at radius 1 is 1.50 bits per heavy atom. The van der Waals surface area contributed by atoms with Crippen molar-refractivity contribution >= 4 is 15.7 Å². The van der Waals surface area contributed by atoms with E-state index < -0.39 is 21.1 Å². The molecular formula is C13H14FN3O2S. The van der Waals surface area contributed by atoms with Gasteiger partial charge < -0.3 is 5.73 Å². The van der Waals surface area contributed by atoms with Gasteiger partial charge in [0.25, 0.3) is 0 Å². The molecule has 0 heterocycles. The van der Waals surface area contributed by atoms with Crippen LogP contribution in [0.4, 0.5) is 10.1 Å². The van der Waals surface area contributed by atoms with Crippen molar-refractivity contribution in [3.05, 3.63) is 29.6 Å². The second-order valence-electron chi connectivity index (χ2n) is 3.87. The van der Waals surface area contributed by atoms with Crippen LogP contribution >= 0.6 is 0 Å². The van der Waals surface area contributed by atoms with E-state index in [-0.39, 0.29) is 18.7 Å². The van der Waals surface area contributed by atoms with Crippen LogP contribution in [0.1, 0.15) is 18.9 Å². The molecule has 0 aliphatic rings. The lowest BCUT2D eigenvalue weighted by molar-refractivity contribution is 0.590. The number of hydrogen-bond acceptors (Lipinski definition) is 4. The molecule has 5 nitrogen and oxygen atoms in total. The summed E-state index contributed by atoms with van der Waals surface area (Å²) in [5, 5.41) is 7.53. The van der Waals surface area contributed by atoms with Crippen LogP contribution in [0.15, 0.2) is 18.2 Å². The number of benzene rings is 1. The van der Waals surface area contributed by atoms with Gasteiger partial charge in [-0.1, -0.05) is 18.8 Å². The fraction of sp³-hybridized carbons (Fsp3) is 0.308. The highest BCUT2D eigenvalue weighted by molar-refractivity contribution is 7.93. The summed E-state index contributed by atoms with van der Waals surface area (Å²) in [6.45, 7) is 1.71. The molecule has 20 heavy (non-hydrogen) atoms. The Balaban J connectivity index is 3.03. The maximum absolute atomic E-state index is 13.8. The van der Waals surface area contributed by atoms with E-state index in [1.165, 1.54) is 12.1 Å². The molecule has 1 aromatic rings. The second kappa shape index (κ2) is 6.90. The van der Waals surface area contributed by atoms with Crippen LogP contribution in [0.3, 0.4) is 0 Å². The number of rotatable bonds is 4. The first-order chi connectivity index (χ1) is 9.44. The van der Waals surface area contributed by atoms with Gasteiger partial charge in [-0.15, -0.1) is 0 Å². The van der Waals surface area contributed by atoms with Crippen LogP contribution in [0.25, 0.3) is 0 Å². The highest BCUT2D eigenvalue weighted by Gasteiger charge is 2.24. The van der Waals surface area contributed by atoms with Crippen LogP contribution < -0.4 is 10.5 Å². The molecule has 106 valence electrons. The molecule has 0 radical (unpaired) electrons. The quantitative estimate of drug-likeness (QED) is 0.815. The Labute approximate surface area is 117 Å². The van der Waals surface area contributed by atoms with E-state index in [0.717, 1.165) is 6.07 Å². The fourth-order valence-electron chi connectivity index (χ4n) is 1.43. The molecule has 1 aromatic carbocycles. The van der Waals surface area contributed by atoms with E-state index in [9.17, 15) is 12.8 Å². The number of nitrogens with one attached hydrogen (secondary N) is 1. The molecule has 0 aromatic heterocycles. The van der Waals surface area contributed by atoms with Crippen molar-refractivity contribution in [1.29, 1.82) is 5.26 Å². The van der Waals surface area contributed by atoms with Gasteiger partial charge in [0.2, 0.25) is 10.0 Å². The smallest absolute Gasteiger partial charge is 0.249 e. The number of hydrogen-bond donors (Lipinski definition) is 2. The molecule has 3 N–H and O–H groups in total. The van der Waals surface area contributed by atoms with E-state index >= 15 is 0 Å². The van der Waals surface area contributed by atoms with Gasteiger partial charge in [-0.2, -0.15) is 5.26 Å². The number of nitrogens with two attached hydrogens (primary N) is 1. The molecule has 0 aliphatic carbocycles. The molecule has 0 aliphatic heterocycles. The van der Waals surface area contributed by atoms with E-state index in [2.05, 4.69) is 16.6 Å². The summed E-state index contributed by atoms with van der Waals surface area (Å²) < 4.78 is 39.5. The molecule has 0 bridgehead atoms. The lowest BCUT2D eigenvalue weighted by Gasteiger charge is -2.11. The van der Waals surface area contributed by atoms with Gasteiger partial charge in [-0.05, 0) is 24.6 Å². The Kier molecular flexibility index (Phi) is 5.51. The van der Waals surface area contributed by atoms with Gasteiger partial charge >= 0.3 is 0 Å². The van der Waals surface area contributed by atoms with Crippen LogP contribution in [-0.2, 0) is 10.0 Å². The number of nitrogens with zero attached hydrogens (tertiary/aromatic N) is 1. The third kappa shape index (κ3) is 3.95. The molecule has 7 heteroatoms. The van der Waals surface area contributed by atoms with Gasteiger partial charge in [-0.25, -0.2) is 12.8 Å². The first-order valence-electron chi connectivity index (χ1n) is 5.84. The third-order valence-corrected chi connectivity index (χ3v) is 4.14. The summed E-state index contributed by atoms with van der Waals surface area (Å²) in [7, 11) is -3.93. The maximum Gasteiger partial charge on any atom is 0.249 e. The third-order valence-electron chi connectivity index (χ3n) is 2.45. The number of sulfonamides is 1. The van der Waals surface area contributed by atoms with Crippen molar-refractivity contribution < 1.29 is 12.8 Å². The minimum atomic E-state index is -3.93. The number of nitriles is 1. The van der Waals surface area contributed by atoms with E-state index in [0.29, 0.717) is 5.56 Å². The first kappa shape index (κ1) is 16.0. The molecular weight excluding hydrogens is 281 g/mol. The number of anilines is 1. The summed E-state index contributed by atoms with van der Waals surface area (Å²) in [4.78, 5) is 0. The zero-order chi connectivity index (χ0) is 15.2. The molecule has 1 atom stereocenters. The largest absolute Gasteiger partial charge is 0.320 e. The standard InChI is InChI=1S/C13H14FN3O2S/c1-2-11(9-16)20(18,19)17-13-6-5-10(4-3-7-15)8-12(13)14/h5-6,8,11,17H,2,7,15H2,1H3. The summed E-state index contributed by atoms with van der Waals surface area (Å²) >= 11 is 0. The molecule has 0 saturated carbocycles. The van der Waals surface area contributed by atoms with E-state index in [1.54, 1.807) is 13.0 Å². The Morgan fingerprint density at radius 2 is 2.20 bits per heavy atom. The highest BCUT2D eigenvalue weighted by atomic mass is 32.2. The molecule has 1 unspecified atom stereocenters. The summed E-state index contributed by atoms with van der Waals surface area (Å²) in [5.41, 5.74) is 5.38. The molecule has 0 fully saturated rings. The SMILES string of the molecule is CCC(C#N)S(=O)(=O)Nc1ccc(C#CCN)cc1F. The lowest BCUT2D eigenvalue weighted by atomic mass is 10.2. The van der Waals surface area contributed by atoms with Crippen molar-refractivity contribution in [2.75, 3.05) is 11.3 Å². The Morgan fingerprint density at radius 3 is 2.70 bits per heavy atom. The fourth-order valence-corrected chi connectivity index (χ4v) is 2.63. The van der Waals surface area contributed by atoms with Crippen molar-refractivity contribution in [2.45, 2.75) is 18.6 Å². The molecule has 0 spiro atoms. The monoisotopic (exact) mass is 295 g/mol. The van der Waals surface area contributed by atoms with Crippen molar-refractivity contribution in [3.8, 4) is 17.9 Å².